The van der Waals surface area contributed by atoms with E-state index in [1.165, 1.54) is 0 Å². The molecule has 0 aliphatic carbocycles. The zero-order valence-electron chi connectivity index (χ0n) is 6.85. The van der Waals surface area contributed by atoms with E-state index in [0.717, 1.165) is 0 Å². The molecule has 0 saturated carbocycles. The van der Waals surface area contributed by atoms with Crippen LogP contribution in [0.15, 0.2) is 0 Å². The van der Waals surface area contributed by atoms with E-state index >= 15 is 0 Å². The van der Waals surface area contributed by atoms with Crippen molar-refractivity contribution >= 4 is 21.8 Å². The Labute approximate surface area is 75.3 Å². The Balaban J connectivity index is 3.61. The highest BCUT2D eigenvalue weighted by molar-refractivity contribution is 9.09. The molecule has 11 heavy (non-hydrogen) atoms. The quantitative estimate of drug-likeness (QED) is 0.684. The number of alkyl halides is 1. The van der Waals surface area contributed by atoms with Crippen molar-refractivity contribution in [3.8, 4) is 0 Å². The van der Waals surface area contributed by atoms with E-state index in [9.17, 15) is 4.79 Å². The van der Waals surface area contributed by atoms with Crippen LogP contribution < -0.4 is 5.32 Å². The lowest BCUT2D eigenvalue weighted by Crippen LogP contribution is -2.36. The second-order valence-corrected chi connectivity index (χ2v) is 3.79. The smallest absolute Gasteiger partial charge is 0.230 e. The SMILES string of the molecule is CC(C)(CO)CNC(=O)CBr. The van der Waals surface area contributed by atoms with E-state index in [2.05, 4.69) is 21.2 Å². The summed E-state index contributed by atoms with van der Waals surface area (Å²) in [5, 5.41) is 11.8. The van der Waals surface area contributed by atoms with Crippen molar-refractivity contribution < 1.29 is 9.90 Å². The Morgan fingerprint density at radius 3 is 2.55 bits per heavy atom. The first-order chi connectivity index (χ1) is 5.02. The fraction of sp³-hybridized carbons (Fsp3) is 0.857. The fourth-order valence-electron chi connectivity index (χ4n) is 0.441. The van der Waals surface area contributed by atoms with E-state index in [0.29, 0.717) is 11.9 Å². The molecule has 0 aliphatic heterocycles. The Morgan fingerprint density at radius 1 is 1.64 bits per heavy atom. The molecular weight excluding hydrogens is 210 g/mol. The number of rotatable bonds is 4. The molecule has 1 amide bonds. The maximum absolute atomic E-state index is 10.7. The number of aliphatic hydroxyl groups excluding tert-OH is 1. The number of carbonyl (C=O) groups excluding carboxylic acids is 1. The number of halogens is 1. The molecule has 4 heteroatoms. The van der Waals surface area contributed by atoms with Gasteiger partial charge in [0.1, 0.15) is 0 Å². The Bertz CT molecular complexity index is 136. The minimum atomic E-state index is -0.224. The molecule has 0 aromatic carbocycles. The molecule has 0 aromatic heterocycles. The van der Waals surface area contributed by atoms with Crippen LogP contribution >= 0.6 is 15.9 Å². The molecule has 0 fully saturated rings. The third-order valence-corrected chi connectivity index (χ3v) is 1.82. The molecular formula is C7H14BrNO2. The molecule has 66 valence electrons. The van der Waals surface area contributed by atoms with Crippen LogP contribution in [0.3, 0.4) is 0 Å². The molecule has 0 aliphatic rings. The zero-order valence-corrected chi connectivity index (χ0v) is 8.44. The normalized spacial score (nSPS) is 11.3. The van der Waals surface area contributed by atoms with E-state index in [1.807, 2.05) is 13.8 Å². The maximum Gasteiger partial charge on any atom is 0.230 e. The van der Waals surface area contributed by atoms with Crippen LogP contribution in [0.5, 0.6) is 0 Å². The van der Waals surface area contributed by atoms with Gasteiger partial charge in [0.2, 0.25) is 5.91 Å². The van der Waals surface area contributed by atoms with Crippen LogP contribution in [0.4, 0.5) is 0 Å². The molecule has 0 aromatic rings. The van der Waals surface area contributed by atoms with Crippen LogP contribution in [0.2, 0.25) is 0 Å². The van der Waals surface area contributed by atoms with Gasteiger partial charge in [-0.3, -0.25) is 4.79 Å². The van der Waals surface area contributed by atoms with Crippen LogP contribution in [0, 0.1) is 5.41 Å². The summed E-state index contributed by atoms with van der Waals surface area (Å²) in [6.45, 7) is 4.37. The van der Waals surface area contributed by atoms with Crippen molar-refractivity contribution in [2.24, 2.45) is 5.41 Å². The summed E-state index contributed by atoms with van der Waals surface area (Å²) in [7, 11) is 0. The predicted octanol–water partition coefficient (Wildman–Crippen LogP) is 0.516. The molecule has 0 saturated heterocycles. The largest absolute Gasteiger partial charge is 0.396 e. The van der Waals surface area contributed by atoms with Gasteiger partial charge in [0.15, 0.2) is 0 Å². The van der Waals surface area contributed by atoms with Crippen molar-refractivity contribution in [3.05, 3.63) is 0 Å². The van der Waals surface area contributed by atoms with Crippen molar-refractivity contribution in [1.82, 2.24) is 5.32 Å². The number of hydrogen-bond acceptors (Lipinski definition) is 2. The summed E-state index contributed by atoms with van der Waals surface area (Å²) >= 11 is 3.03. The second kappa shape index (κ2) is 4.72. The molecule has 0 bridgehead atoms. The second-order valence-electron chi connectivity index (χ2n) is 3.23. The molecule has 0 rings (SSSR count). The van der Waals surface area contributed by atoms with Gasteiger partial charge in [0, 0.05) is 18.6 Å². The molecule has 0 heterocycles. The summed E-state index contributed by atoms with van der Waals surface area (Å²) in [5.41, 5.74) is -0.224. The molecule has 2 N–H and O–H groups in total. The van der Waals surface area contributed by atoms with Crippen LogP contribution in [-0.2, 0) is 4.79 Å². The van der Waals surface area contributed by atoms with Gasteiger partial charge in [-0.1, -0.05) is 29.8 Å². The summed E-state index contributed by atoms with van der Waals surface area (Å²) < 4.78 is 0. The van der Waals surface area contributed by atoms with Crippen molar-refractivity contribution in [2.45, 2.75) is 13.8 Å². The van der Waals surface area contributed by atoms with Crippen LogP contribution in [0.1, 0.15) is 13.8 Å². The monoisotopic (exact) mass is 223 g/mol. The van der Waals surface area contributed by atoms with Crippen molar-refractivity contribution in [3.63, 3.8) is 0 Å². The topological polar surface area (TPSA) is 49.3 Å². The van der Waals surface area contributed by atoms with Gasteiger partial charge in [0.05, 0.1) is 5.33 Å². The average Bonchev–Trinajstić information content (AvgIpc) is 2.00. The van der Waals surface area contributed by atoms with Gasteiger partial charge in [-0.15, -0.1) is 0 Å². The lowest BCUT2D eigenvalue weighted by Gasteiger charge is -2.21. The summed E-state index contributed by atoms with van der Waals surface area (Å²) in [5.74, 6) is -0.0495. The summed E-state index contributed by atoms with van der Waals surface area (Å²) in [6, 6.07) is 0. The molecule has 0 spiro atoms. The minimum absolute atomic E-state index is 0.0495. The highest BCUT2D eigenvalue weighted by Gasteiger charge is 2.16. The first-order valence-corrected chi connectivity index (χ1v) is 4.57. The summed E-state index contributed by atoms with van der Waals surface area (Å²) in [4.78, 5) is 10.7. The first kappa shape index (κ1) is 10.9. The number of nitrogens with one attached hydrogen (secondary N) is 1. The molecule has 0 atom stereocenters. The standard InChI is InChI=1S/C7H14BrNO2/c1-7(2,5-10)4-9-6(11)3-8/h10H,3-5H2,1-2H3,(H,9,11). The fourth-order valence-corrected chi connectivity index (χ4v) is 0.639. The summed E-state index contributed by atoms with van der Waals surface area (Å²) in [6.07, 6.45) is 0. The average molecular weight is 224 g/mol. The molecule has 0 radical (unpaired) electrons. The first-order valence-electron chi connectivity index (χ1n) is 3.45. The number of hydrogen-bond donors (Lipinski definition) is 2. The van der Waals surface area contributed by atoms with Gasteiger partial charge in [-0.05, 0) is 0 Å². The number of carbonyl (C=O) groups is 1. The molecule has 0 unspecified atom stereocenters. The van der Waals surface area contributed by atoms with Crippen molar-refractivity contribution in [2.75, 3.05) is 18.5 Å². The minimum Gasteiger partial charge on any atom is -0.396 e. The van der Waals surface area contributed by atoms with E-state index in [4.69, 9.17) is 5.11 Å². The van der Waals surface area contributed by atoms with E-state index in [1.54, 1.807) is 0 Å². The van der Waals surface area contributed by atoms with Gasteiger partial charge >= 0.3 is 0 Å². The van der Waals surface area contributed by atoms with E-state index < -0.39 is 0 Å². The highest BCUT2D eigenvalue weighted by Crippen LogP contribution is 2.10. The van der Waals surface area contributed by atoms with Crippen LogP contribution in [-0.4, -0.2) is 29.5 Å². The van der Waals surface area contributed by atoms with Gasteiger partial charge in [0.25, 0.3) is 0 Å². The molecule has 3 nitrogen and oxygen atoms in total. The predicted molar refractivity (Wildman–Crippen MR) is 47.7 cm³/mol. The highest BCUT2D eigenvalue weighted by atomic mass is 79.9. The van der Waals surface area contributed by atoms with Crippen LogP contribution in [0.25, 0.3) is 0 Å². The lowest BCUT2D eigenvalue weighted by molar-refractivity contribution is -0.119. The van der Waals surface area contributed by atoms with Gasteiger partial charge < -0.3 is 10.4 Å². The Morgan fingerprint density at radius 2 is 2.18 bits per heavy atom. The third-order valence-electron chi connectivity index (χ3n) is 1.31. The maximum atomic E-state index is 10.7. The number of amides is 1. The Hall–Kier alpha value is -0.0900. The van der Waals surface area contributed by atoms with Gasteiger partial charge in [-0.25, -0.2) is 0 Å². The Kier molecular flexibility index (Phi) is 4.68. The zero-order chi connectivity index (χ0) is 8.91. The lowest BCUT2D eigenvalue weighted by atomic mass is 9.95. The number of aliphatic hydroxyl groups is 1. The van der Waals surface area contributed by atoms with Crippen molar-refractivity contribution in [1.29, 1.82) is 0 Å². The van der Waals surface area contributed by atoms with E-state index in [-0.39, 0.29) is 17.9 Å². The van der Waals surface area contributed by atoms with Gasteiger partial charge in [-0.2, -0.15) is 0 Å². The third kappa shape index (κ3) is 5.21.